The van der Waals surface area contributed by atoms with Crippen molar-refractivity contribution >= 4 is 0 Å². The Bertz CT molecular complexity index is 271. The van der Waals surface area contributed by atoms with Crippen molar-refractivity contribution in [3.63, 3.8) is 0 Å². The zero-order valence-corrected chi connectivity index (χ0v) is 12.6. The van der Waals surface area contributed by atoms with E-state index in [1.54, 1.807) is 0 Å². The van der Waals surface area contributed by atoms with Gasteiger partial charge in [0.25, 0.3) is 0 Å². The molecular formula is C17H32N2. The number of rotatable bonds is 3. The fourth-order valence-corrected chi connectivity index (χ4v) is 5.11. The van der Waals surface area contributed by atoms with Gasteiger partial charge in [-0.2, -0.15) is 0 Å². The molecule has 3 rings (SSSR count). The Kier molecular flexibility index (Phi) is 4.48. The van der Waals surface area contributed by atoms with Crippen LogP contribution in [-0.4, -0.2) is 30.6 Å². The minimum absolute atomic E-state index is 0.795. The highest BCUT2D eigenvalue weighted by Crippen LogP contribution is 2.49. The Morgan fingerprint density at radius 2 is 1.68 bits per heavy atom. The van der Waals surface area contributed by atoms with E-state index in [4.69, 9.17) is 5.73 Å². The van der Waals surface area contributed by atoms with Gasteiger partial charge in [-0.15, -0.1) is 0 Å². The van der Waals surface area contributed by atoms with Crippen LogP contribution < -0.4 is 5.73 Å². The minimum Gasteiger partial charge on any atom is -0.330 e. The summed E-state index contributed by atoms with van der Waals surface area (Å²) in [5.74, 6) is 0.890. The third-order valence-electron chi connectivity index (χ3n) is 6.32. The molecular weight excluding hydrogens is 232 g/mol. The molecule has 2 N–H and O–H groups in total. The SMILES string of the molecule is NCCC1CCCN(C2CCC3(CCCC3)CC2)C1. The molecule has 2 aliphatic carbocycles. The second-order valence-corrected chi connectivity index (χ2v) is 7.52. The quantitative estimate of drug-likeness (QED) is 0.844. The summed E-state index contributed by atoms with van der Waals surface area (Å²) < 4.78 is 0. The summed E-state index contributed by atoms with van der Waals surface area (Å²) in [6, 6.07) is 0.909. The van der Waals surface area contributed by atoms with Gasteiger partial charge in [-0.3, -0.25) is 0 Å². The zero-order chi connectivity index (χ0) is 13.1. The maximum atomic E-state index is 5.74. The van der Waals surface area contributed by atoms with E-state index in [-0.39, 0.29) is 0 Å². The monoisotopic (exact) mass is 264 g/mol. The molecule has 3 aliphatic rings. The molecule has 2 saturated carbocycles. The number of nitrogens with zero attached hydrogens (tertiary/aromatic N) is 1. The Hall–Kier alpha value is -0.0800. The van der Waals surface area contributed by atoms with Crippen molar-refractivity contribution in [3.05, 3.63) is 0 Å². The van der Waals surface area contributed by atoms with Crippen LogP contribution in [0.2, 0.25) is 0 Å². The summed E-state index contributed by atoms with van der Waals surface area (Å²) in [4.78, 5) is 2.83. The molecule has 0 aromatic carbocycles. The molecule has 2 nitrogen and oxygen atoms in total. The van der Waals surface area contributed by atoms with Crippen LogP contribution in [0.15, 0.2) is 0 Å². The van der Waals surface area contributed by atoms with Crippen molar-refractivity contribution < 1.29 is 0 Å². The van der Waals surface area contributed by atoms with Gasteiger partial charge >= 0.3 is 0 Å². The third kappa shape index (κ3) is 3.16. The lowest BCUT2D eigenvalue weighted by Gasteiger charge is -2.44. The molecule has 19 heavy (non-hydrogen) atoms. The highest BCUT2D eigenvalue weighted by molar-refractivity contribution is 4.92. The lowest BCUT2D eigenvalue weighted by atomic mass is 9.71. The van der Waals surface area contributed by atoms with Crippen LogP contribution >= 0.6 is 0 Å². The summed E-state index contributed by atoms with van der Waals surface area (Å²) in [6.07, 6.45) is 16.2. The van der Waals surface area contributed by atoms with E-state index in [9.17, 15) is 0 Å². The fourth-order valence-electron chi connectivity index (χ4n) is 5.11. The van der Waals surface area contributed by atoms with Crippen LogP contribution in [0.5, 0.6) is 0 Å². The van der Waals surface area contributed by atoms with Crippen molar-refractivity contribution in [2.45, 2.75) is 76.7 Å². The second-order valence-electron chi connectivity index (χ2n) is 7.52. The molecule has 0 amide bonds. The molecule has 1 aliphatic heterocycles. The van der Waals surface area contributed by atoms with E-state index in [0.29, 0.717) is 0 Å². The van der Waals surface area contributed by atoms with Gasteiger partial charge in [0.2, 0.25) is 0 Å². The smallest absolute Gasteiger partial charge is 0.00957 e. The summed E-state index contributed by atoms with van der Waals surface area (Å²) in [5, 5.41) is 0. The molecule has 0 bridgehead atoms. The van der Waals surface area contributed by atoms with Gasteiger partial charge in [-0.25, -0.2) is 0 Å². The van der Waals surface area contributed by atoms with Crippen LogP contribution in [0.4, 0.5) is 0 Å². The molecule has 0 aromatic rings. The number of likely N-dealkylation sites (tertiary alicyclic amines) is 1. The Morgan fingerprint density at radius 3 is 2.37 bits per heavy atom. The lowest BCUT2D eigenvalue weighted by Crippen LogP contribution is -2.45. The summed E-state index contributed by atoms with van der Waals surface area (Å²) in [6.45, 7) is 3.58. The van der Waals surface area contributed by atoms with Crippen molar-refractivity contribution in [1.29, 1.82) is 0 Å². The maximum Gasteiger partial charge on any atom is 0.00957 e. The molecule has 1 spiro atoms. The van der Waals surface area contributed by atoms with Gasteiger partial charge in [-0.05, 0) is 82.2 Å². The summed E-state index contributed by atoms with van der Waals surface area (Å²) in [7, 11) is 0. The van der Waals surface area contributed by atoms with Gasteiger partial charge in [0.15, 0.2) is 0 Å². The fraction of sp³-hybridized carbons (Fsp3) is 1.00. The first-order valence-corrected chi connectivity index (χ1v) is 8.75. The van der Waals surface area contributed by atoms with Gasteiger partial charge in [0, 0.05) is 12.6 Å². The number of nitrogens with two attached hydrogens (primary N) is 1. The van der Waals surface area contributed by atoms with Crippen LogP contribution in [0, 0.1) is 11.3 Å². The molecule has 110 valence electrons. The van der Waals surface area contributed by atoms with Gasteiger partial charge < -0.3 is 10.6 Å². The largest absolute Gasteiger partial charge is 0.330 e. The van der Waals surface area contributed by atoms with Crippen molar-refractivity contribution in [3.8, 4) is 0 Å². The molecule has 1 atom stereocenters. The summed E-state index contributed by atoms with van der Waals surface area (Å²) >= 11 is 0. The highest BCUT2D eigenvalue weighted by atomic mass is 15.2. The Morgan fingerprint density at radius 1 is 0.947 bits per heavy atom. The zero-order valence-electron chi connectivity index (χ0n) is 12.6. The van der Waals surface area contributed by atoms with E-state index < -0.39 is 0 Å². The average molecular weight is 264 g/mol. The van der Waals surface area contributed by atoms with E-state index in [0.717, 1.165) is 23.9 Å². The third-order valence-corrected chi connectivity index (χ3v) is 6.32. The second kappa shape index (κ2) is 6.13. The number of hydrogen-bond donors (Lipinski definition) is 1. The molecule has 1 saturated heterocycles. The molecule has 1 unspecified atom stereocenters. The van der Waals surface area contributed by atoms with E-state index >= 15 is 0 Å². The van der Waals surface area contributed by atoms with Crippen LogP contribution in [0.25, 0.3) is 0 Å². The highest BCUT2D eigenvalue weighted by Gasteiger charge is 2.39. The van der Waals surface area contributed by atoms with Gasteiger partial charge in [0.05, 0.1) is 0 Å². The number of hydrogen-bond acceptors (Lipinski definition) is 2. The van der Waals surface area contributed by atoms with Crippen LogP contribution in [0.1, 0.15) is 70.6 Å². The minimum atomic E-state index is 0.795. The van der Waals surface area contributed by atoms with E-state index in [1.807, 2.05) is 0 Å². The molecule has 3 fully saturated rings. The lowest BCUT2D eigenvalue weighted by molar-refractivity contribution is 0.0586. The molecule has 2 heteroatoms. The first-order chi connectivity index (χ1) is 9.31. The average Bonchev–Trinajstić information content (AvgIpc) is 2.89. The van der Waals surface area contributed by atoms with Gasteiger partial charge in [-0.1, -0.05) is 12.8 Å². The van der Waals surface area contributed by atoms with Crippen LogP contribution in [0.3, 0.4) is 0 Å². The molecule has 1 heterocycles. The van der Waals surface area contributed by atoms with Crippen molar-refractivity contribution in [1.82, 2.24) is 4.90 Å². The van der Waals surface area contributed by atoms with Crippen molar-refractivity contribution in [2.75, 3.05) is 19.6 Å². The Balaban J connectivity index is 1.50. The predicted molar refractivity (Wildman–Crippen MR) is 81.1 cm³/mol. The molecule has 0 aromatic heterocycles. The standard InChI is InChI=1S/C17H32N2/c18-12-7-15-4-3-13-19(14-15)16-5-10-17(11-6-16)8-1-2-9-17/h15-16H,1-14,18H2. The topological polar surface area (TPSA) is 29.3 Å². The first kappa shape index (κ1) is 13.9. The molecule has 0 radical (unpaired) electrons. The maximum absolute atomic E-state index is 5.74. The predicted octanol–water partition coefficient (Wildman–Crippen LogP) is 3.55. The van der Waals surface area contributed by atoms with Crippen molar-refractivity contribution in [2.24, 2.45) is 17.1 Å². The normalized spacial score (nSPS) is 33.0. The summed E-state index contributed by atoms with van der Waals surface area (Å²) in [5.41, 5.74) is 6.54. The van der Waals surface area contributed by atoms with E-state index in [1.165, 1.54) is 83.7 Å². The van der Waals surface area contributed by atoms with Crippen LogP contribution in [-0.2, 0) is 0 Å². The van der Waals surface area contributed by atoms with E-state index in [2.05, 4.69) is 4.90 Å². The first-order valence-electron chi connectivity index (χ1n) is 8.75. The van der Waals surface area contributed by atoms with Gasteiger partial charge in [0.1, 0.15) is 0 Å². The number of piperidine rings is 1. The Labute approximate surface area is 119 Å².